The van der Waals surface area contributed by atoms with Crippen LogP contribution in [0.5, 0.6) is 0 Å². The van der Waals surface area contributed by atoms with Gasteiger partial charge in [-0.05, 0) is 32.4 Å². The van der Waals surface area contributed by atoms with E-state index in [1.165, 1.54) is 13.0 Å². The summed E-state index contributed by atoms with van der Waals surface area (Å²) in [6, 6.07) is 0. The molecule has 0 amide bonds. The third-order valence-corrected chi connectivity index (χ3v) is 4.00. The first kappa shape index (κ1) is 21.8. The van der Waals surface area contributed by atoms with Crippen LogP contribution in [0, 0.1) is 0 Å². The quantitative estimate of drug-likeness (QED) is 0.264. The Hall–Kier alpha value is -2.16. The van der Waals surface area contributed by atoms with Crippen LogP contribution in [0.3, 0.4) is 0 Å². The molecule has 24 heavy (non-hydrogen) atoms. The monoisotopic (exact) mass is 380 g/mol. The van der Waals surface area contributed by atoms with Crippen LogP contribution in [0.2, 0.25) is 0 Å². The number of rotatable bonds is 8. The molecular formula is C13H16O9S2. The molecule has 0 aliphatic heterocycles. The molecule has 0 spiro atoms. The molecule has 0 saturated carbocycles. The second-order valence-electron chi connectivity index (χ2n) is 4.42. The van der Waals surface area contributed by atoms with Crippen molar-refractivity contribution in [3.8, 4) is 0 Å². The summed E-state index contributed by atoms with van der Waals surface area (Å²) in [4.78, 5) is 22.0. The van der Waals surface area contributed by atoms with Crippen molar-refractivity contribution in [1.29, 1.82) is 0 Å². The summed E-state index contributed by atoms with van der Waals surface area (Å²) in [5, 5.41) is 8.57. The number of carboxylic acid groups (broad SMARTS) is 1. The first-order valence-corrected chi connectivity index (χ1v) is 9.51. The molecule has 0 saturated heterocycles. The zero-order chi connectivity index (χ0) is 19.0. The molecule has 0 rings (SSSR count). The maximum absolute atomic E-state index is 11.6. The summed E-state index contributed by atoms with van der Waals surface area (Å²) in [5.74, 6) is -3.81. The molecule has 0 aromatic carbocycles. The Kier molecular flexibility index (Phi) is 8.38. The molecular weight excluding hydrogens is 364 g/mol. The van der Waals surface area contributed by atoms with Crippen molar-refractivity contribution in [2.45, 2.75) is 20.3 Å². The summed E-state index contributed by atoms with van der Waals surface area (Å²) in [6.07, 6.45) is 1.89. The van der Waals surface area contributed by atoms with Gasteiger partial charge in [0, 0.05) is 0 Å². The third kappa shape index (κ3) is 10.5. The maximum Gasteiger partial charge on any atom is 0.357 e. The van der Waals surface area contributed by atoms with Crippen molar-refractivity contribution in [3.05, 3.63) is 34.8 Å². The van der Waals surface area contributed by atoms with Crippen LogP contribution < -0.4 is 0 Å². The Labute approximate surface area is 139 Å². The van der Waals surface area contributed by atoms with Crippen LogP contribution in [-0.4, -0.2) is 49.9 Å². The highest BCUT2D eigenvalue weighted by Crippen LogP contribution is 2.03. The topological polar surface area (TPSA) is 152 Å². The molecule has 0 bridgehead atoms. The lowest BCUT2D eigenvalue weighted by Crippen LogP contribution is -2.16. The van der Waals surface area contributed by atoms with Gasteiger partial charge < -0.3 is 9.29 Å². The largest absolute Gasteiger partial charge is 0.477 e. The predicted octanol–water partition coefficient (Wildman–Crippen LogP) is 0.425. The van der Waals surface area contributed by atoms with Gasteiger partial charge in [0.2, 0.25) is 0 Å². The van der Waals surface area contributed by atoms with E-state index >= 15 is 0 Å². The fourth-order valence-electron chi connectivity index (χ4n) is 1.07. The van der Waals surface area contributed by atoms with Crippen molar-refractivity contribution in [2.24, 2.45) is 0 Å². The van der Waals surface area contributed by atoms with Gasteiger partial charge in [-0.15, -0.1) is 11.5 Å². The maximum atomic E-state index is 11.6. The molecule has 0 atom stereocenters. The zero-order valence-corrected chi connectivity index (χ0v) is 14.5. The number of carbonyl (C=O) groups is 2. The third-order valence-electron chi connectivity index (χ3n) is 2.27. The average molecular weight is 380 g/mol. The van der Waals surface area contributed by atoms with E-state index in [0.29, 0.717) is 0 Å². The standard InChI is InChI=1S/C13H16O9S2/c1-10(12(14)15)6-3-4-9-24(20,21)22-13(16)11(2)7-5-8-23(17,18)19/h3,5H,4,8-9H2,1-2H3,(H,14,15)(H,17,18,19). The van der Waals surface area contributed by atoms with Crippen LogP contribution in [0.1, 0.15) is 20.3 Å². The predicted molar refractivity (Wildman–Crippen MR) is 83.1 cm³/mol. The fourth-order valence-corrected chi connectivity index (χ4v) is 2.21. The van der Waals surface area contributed by atoms with Crippen molar-refractivity contribution in [3.63, 3.8) is 0 Å². The minimum absolute atomic E-state index is 0.104. The van der Waals surface area contributed by atoms with Gasteiger partial charge in [-0.2, -0.15) is 16.8 Å². The minimum Gasteiger partial charge on any atom is -0.477 e. The average Bonchev–Trinajstić information content (AvgIpc) is 2.41. The summed E-state index contributed by atoms with van der Waals surface area (Å²) in [5.41, 5.74) is 4.13. The van der Waals surface area contributed by atoms with Gasteiger partial charge in [-0.25, -0.2) is 9.59 Å². The molecule has 11 heteroatoms. The fraction of sp³-hybridized carbons (Fsp3) is 0.385. The number of carboxylic acids is 1. The smallest absolute Gasteiger partial charge is 0.357 e. The summed E-state index contributed by atoms with van der Waals surface area (Å²) >= 11 is 0. The lowest BCUT2D eigenvalue weighted by atomic mass is 10.3. The molecule has 0 heterocycles. The summed E-state index contributed by atoms with van der Waals surface area (Å²) < 4.78 is 56.8. The molecule has 0 radical (unpaired) electrons. The molecule has 0 aromatic heterocycles. The second-order valence-corrected chi connectivity index (χ2v) is 7.61. The van der Waals surface area contributed by atoms with Gasteiger partial charge in [-0.1, -0.05) is 0 Å². The van der Waals surface area contributed by atoms with Gasteiger partial charge in [0.05, 0.1) is 16.9 Å². The van der Waals surface area contributed by atoms with E-state index < -0.39 is 43.7 Å². The molecule has 9 nitrogen and oxygen atoms in total. The number of carbonyl (C=O) groups excluding carboxylic acids is 1. The van der Waals surface area contributed by atoms with Crippen molar-refractivity contribution in [2.75, 3.05) is 11.5 Å². The van der Waals surface area contributed by atoms with E-state index in [1.807, 2.05) is 0 Å². The highest BCUT2D eigenvalue weighted by Gasteiger charge is 2.17. The molecule has 2 N–H and O–H groups in total. The van der Waals surface area contributed by atoms with E-state index in [9.17, 15) is 26.4 Å². The van der Waals surface area contributed by atoms with E-state index in [-0.39, 0.29) is 17.6 Å². The normalized spacial score (nSPS) is 10.8. The second kappa shape index (κ2) is 9.21. The van der Waals surface area contributed by atoms with Gasteiger partial charge in [0.1, 0.15) is 5.75 Å². The molecule has 0 aromatic rings. The van der Waals surface area contributed by atoms with Gasteiger partial charge in [0.25, 0.3) is 10.1 Å². The molecule has 0 aliphatic carbocycles. The molecule has 0 fully saturated rings. The Morgan fingerprint density at radius 1 is 1.04 bits per heavy atom. The van der Waals surface area contributed by atoms with Crippen LogP contribution in [0.15, 0.2) is 34.8 Å². The summed E-state index contributed by atoms with van der Waals surface area (Å²) in [7, 11) is -8.48. The Bertz CT molecular complexity index is 832. The first-order valence-electron chi connectivity index (χ1n) is 6.32. The highest BCUT2D eigenvalue weighted by molar-refractivity contribution is 7.87. The van der Waals surface area contributed by atoms with E-state index in [0.717, 1.165) is 13.0 Å². The first-order chi connectivity index (χ1) is 10.8. The van der Waals surface area contributed by atoms with Gasteiger partial charge in [-0.3, -0.25) is 4.55 Å². The molecule has 0 unspecified atom stereocenters. The minimum atomic E-state index is -4.27. The van der Waals surface area contributed by atoms with E-state index in [2.05, 4.69) is 15.6 Å². The van der Waals surface area contributed by atoms with Crippen LogP contribution in [0.25, 0.3) is 0 Å². The van der Waals surface area contributed by atoms with Crippen LogP contribution in [0.4, 0.5) is 0 Å². The summed E-state index contributed by atoms with van der Waals surface area (Å²) in [6.45, 7) is 2.43. The van der Waals surface area contributed by atoms with E-state index in [1.54, 1.807) is 0 Å². The Morgan fingerprint density at radius 3 is 2.08 bits per heavy atom. The van der Waals surface area contributed by atoms with Crippen molar-refractivity contribution < 1.29 is 40.3 Å². The lowest BCUT2D eigenvalue weighted by molar-refractivity contribution is -0.132. The van der Waals surface area contributed by atoms with Gasteiger partial charge >= 0.3 is 22.1 Å². The number of hydrogen-bond donors (Lipinski definition) is 2. The van der Waals surface area contributed by atoms with Gasteiger partial charge in [0.15, 0.2) is 0 Å². The van der Waals surface area contributed by atoms with Crippen LogP contribution >= 0.6 is 0 Å². The zero-order valence-electron chi connectivity index (χ0n) is 12.8. The Morgan fingerprint density at radius 2 is 1.58 bits per heavy atom. The Balaban J connectivity index is 4.82. The van der Waals surface area contributed by atoms with Crippen LogP contribution in [-0.2, 0) is 34.0 Å². The van der Waals surface area contributed by atoms with Crippen molar-refractivity contribution in [1.82, 2.24) is 0 Å². The van der Waals surface area contributed by atoms with Crippen molar-refractivity contribution >= 4 is 32.2 Å². The highest BCUT2D eigenvalue weighted by atomic mass is 32.2. The molecule has 0 aliphatic rings. The van der Waals surface area contributed by atoms with E-state index in [4.69, 9.17) is 9.66 Å². The SMILES string of the molecule is CC(=C=CCCS(=O)(=O)OC(=O)C(C)=C=CCS(=O)(=O)O)C(=O)O. The lowest BCUT2D eigenvalue weighted by Gasteiger charge is -2.02. The number of hydrogen-bond acceptors (Lipinski definition) is 7. The number of aliphatic carboxylic acids is 1. The molecule has 134 valence electrons.